The van der Waals surface area contributed by atoms with Gasteiger partial charge in [0.15, 0.2) is 0 Å². The average molecular weight is 247 g/mol. The molecule has 0 unspecified atom stereocenters. The number of hydrogen-bond donors (Lipinski definition) is 1. The van der Waals surface area contributed by atoms with Crippen molar-refractivity contribution >= 4 is 0 Å². The number of benzene rings is 1. The van der Waals surface area contributed by atoms with Gasteiger partial charge >= 0.3 is 0 Å². The molecule has 1 N–H and O–H groups in total. The number of ether oxygens (including phenoxy) is 2. The number of hydrogen-bond acceptors (Lipinski definition) is 3. The molecule has 1 saturated heterocycles. The second-order valence-corrected chi connectivity index (χ2v) is 5.30. The molecule has 1 fully saturated rings. The lowest BCUT2D eigenvalue weighted by atomic mass is 9.75. The van der Waals surface area contributed by atoms with Gasteiger partial charge in [-0.1, -0.05) is 0 Å². The predicted molar refractivity (Wildman–Crippen MR) is 71.5 cm³/mol. The Hall–Kier alpha value is -1.22. The molecule has 98 valence electrons. The summed E-state index contributed by atoms with van der Waals surface area (Å²) in [5.41, 5.74) is 2.70. The van der Waals surface area contributed by atoms with Crippen molar-refractivity contribution in [2.75, 3.05) is 20.8 Å². The Bertz CT molecular complexity index is 403. The molecular formula is C15H21NO2. The summed E-state index contributed by atoms with van der Waals surface area (Å²) < 4.78 is 11.0. The van der Waals surface area contributed by atoms with Crippen molar-refractivity contribution < 1.29 is 9.47 Å². The zero-order valence-corrected chi connectivity index (χ0v) is 11.2. The highest BCUT2D eigenvalue weighted by atomic mass is 16.5. The molecule has 1 aliphatic heterocycles. The van der Waals surface area contributed by atoms with Crippen LogP contribution in [0.3, 0.4) is 0 Å². The van der Waals surface area contributed by atoms with E-state index < -0.39 is 0 Å². The van der Waals surface area contributed by atoms with Gasteiger partial charge in [-0.2, -0.15) is 0 Å². The van der Waals surface area contributed by atoms with E-state index in [1.165, 1.54) is 24.0 Å². The van der Waals surface area contributed by atoms with Crippen molar-refractivity contribution in [2.45, 2.75) is 31.7 Å². The van der Waals surface area contributed by atoms with Gasteiger partial charge in [0.2, 0.25) is 0 Å². The molecule has 2 aliphatic rings. The summed E-state index contributed by atoms with van der Waals surface area (Å²) in [5, 5.41) is 3.65. The van der Waals surface area contributed by atoms with Gasteiger partial charge in [-0.25, -0.2) is 0 Å². The number of rotatable bonds is 2. The van der Waals surface area contributed by atoms with Crippen molar-refractivity contribution in [3.8, 4) is 11.5 Å². The topological polar surface area (TPSA) is 30.5 Å². The molecule has 3 heteroatoms. The molecule has 0 spiro atoms. The van der Waals surface area contributed by atoms with Crippen molar-refractivity contribution in [3.63, 3.8) is 0 Å². The molecule has 1 heterocycles. The number of fused-ring (bicyclic) bond motifs is 2. The van der Waals surface area contributed by atoms with Crippen molar-refractivity contribution in [2.24, 2.45) is 5.92 Å². The summed E-state index contributed by atoms with van der Waals surface area (Å²) in [6.07, 6.45) is 4.81. The number of piperidine rings is 1. The fraction of sp³-hybridized carbons (Fsp3) is 0.600. The Morgan fingerprint density at radius 3 is 2.39 bits per heavy atom. The lowest BCUT2D eigenvalue weighted by Gasteiger charge is -2.38. The molecule has 1 aliphatic carbocycles. The molecule has 0 saturated carbocycles. The van der Waals surface area contributed by atoms with Gasteiger partial charge in [-0.3, -0.25) is 0 Å². The largest absolute Gasteiger partial charge is 0.496 e. The zero-order valence-electron chi connectivity index (χ0n) is 11.2. The summed E-state index contributed by atoms with van der Waals surface area (Å²) in [6, 6.07) is 4.68. The molecular weight excluding hydrogens is 226 g/mol. The highest BCUT2D eigenvalue weighted by Crippen LogP contribution is 2.40. The summed E-state index contributed by atoms with van der Waals surface area (Å²) >= 11 is 0. The summed E-state index contributed by atoms with van der Waals surface area (Å²) in [4.78, 5) is 0. The molecule has 0 bridgehead atoms. The fourth-order valence-corrected chi connectivity index (χ4v) is 3.46. The zero-order chi connectivity index (χ0) is 12.5. The maximum absolute atomic E-state index is 5.52. The van der Waals surface area contributed by atoms with E-state index in [4.69, 9.17) is 9.47 Å². The van der Waals surface area contributed by atoms with E-state index in [9.17, 15) is 0 Å². The van der Waals surface area contributed by atoms with Crippen LogP contribution < -0.4 is 14.8 Å². The quantitative estimate of drug-likeness (QED) is 0.869. The van der Waals surface area contributed by atoms with Crippen molar-refractivity contribution in [1.29, 1.82) is 0 Å². The highest BCUT2D eigenvalue weighted by Gasteiger charge is 2.33. The molecule has 3 nitrogen and oxygen atoms in total. The summed E-state index contributed by atoms with van der Waals surface area (Å²) in [7, 11) is 3.51. The third-order valence-electron chi connectivity index (χ3n) is 4.40. The van der Waals surface area contributed by atoms with Crippen LogP contribution in [0.25, 0.3) is 0 Å². The first-order valence-electron chi connectivity index (χ1n) is 6.79. The first-order chi connectivity index (χ1) is 8.83. The van der Waals surface area contributed by atoms with Crippen LogP contribution in [0.15, 0.2) is 12.1 Å². The highest BCUT2D eigenvalue weighted by molar-refractivity contribution is 5.51. The summed E-state index contributed by atoms with van der Waals surface area (Å²) in [5.74, 6) is 2.79. The first kappa shape index (κ1) is 11.8. The lowest BCUT2D eigenvalue weighted by Crippen LogP contribution is -2.46. The minimum atomic E-state index is 0.618. The van der Waals surface area contributed by atoms with E-state index in [2.05, 4.69) is 5.32 Å². The second-order valence-electron chi connectivity index (χ2n) is 5.30. The molecule has 0 radical (unpaired) electrons. The van der Waals surface area contributed by atoms with E-state index >= 15 is 0 Å². The maximum Gasteiger partial charge on any atom is 0.122 e. The van der Waals surface area contributed by atoms with Gasteiger partial charge in [0.05, 0.1) is 14.2 Å². The third kappa shape index (κ3) is 1.87. The van der Waals surface area contributed by atoms with Crippen molar-refractivity contribution in [3.05, 3.63) is 23.3 Å². The molecule has 0 amide bonds. The fourth-order valence-electron chi connectivity index (χ4n) is 3.46. The monoisotopic (exact) mass is 247 g/mol. The maximum atomic E-state index is 5.52. The Labute approximate surface area is 108 Å². The van der Waals surface area contributed by atoms with Crippen LogP contribution in [0.2, 0.25) is 0 Å². The Morgan fingerprint density at radius 1 is 1.06 bits per heavy atom. The van der Waals surface area contributed by atoms with Crippen LogP contribution in [0.5, 0.6) is 11.5 Å². The van der Waals surface area contributed by atoms with Crippen LogP contribution in [0.4, 0.5) is 0 Å². The Balaban J connectivity index is 2.01. The van der Waals surface area contributed by atoms with Crippen LogP contribution in [-0.2, 0) is 12.8 Å². The molecule has 1 aromatic rings. The van der Waals surface area contributed by atoms with E-state index in [1.54, 1.807) is 14.2 Å². The SMILES string of the molecule is COc1ccc(OC)c2c1C[C@H]1CCCN[C@@H]1C2. The van der Waals surface area contributed by atoms with Crippen LogP contribution in [0, 0.1) is 5.92 Å². The number of methoxy groups -OCH3 is 2. The molecule has 1 aromatic carbocycles. The van der Waals surface area contributed by atoms with E-state index in [-0.39, 0.29) is 0 Å². The molecule has 2 atom stereocenters. The van der Waals surface area contributed by atoms with Crippen LogP contribution >= 0.6 is 0 Å². The smallest absolute Gasteiger partial charge is 0.122 e. The second kappa shape index (κ2) is 4.81. The molecule has 18 heavy (non-hydrogen) atoms. The van der Waals surface area contributed by atoms with E-state index in [0.717, 1.165) is 36.8 Å². The minimum Gasteiger partial charge on any atom is -0.496 e. The van der Waals surface area contributed by atoms with Gasteiger partial charge in [0, 0.05) is 17.2 Å². The van der Waals surface area contributed by atoms with Crippen LogP contribution in [-0.4, -0.2) is 26.8 Å². The molecule has 3 rings (SSSR count). The van der Waals surface area contributed by atoms with Gasteiger partial charge in [-0.05, 0) is 50.3 Å². The lowest BCUT2D eigenvalue weighted by molar-refractivity contribution is 0.255. The Morgan fingerprint density at radius 2 is 1.72 bits per heavy atom. The van der Waals surface area contributed by atoms with Crippen LogP contribution in [0.1, 0.15) is 24.0 Å². The van der Waals surface area contributed by atoms with E-state index in [0.29, 0.717) is 6.04 Å². The number of nitrogens with one attached hydrogen (secondary N) is 1. The minimum absolute atomic E-state index is 0.618. The Kier molecular flexibility index (Phi) is 3.16. The third-order valence-corrected chi connectivity index (χ3v) is 4.40. The standard InChI is InChI=1S/C15H21NO2/c1-17-14-5-6-15(18-2)12-9-13-10(8-11(12)14)4-3-7-16-13/h5-6,10,13,16H,3-4,7-9H2,1-2H3/t10-,13-/m1/s1. The normalized spacial score (nSPS) is 26.1. The molecule has 0 aromatic heterocycles. The van der Waals surface area contributed by atoms with Gasteiger partial charge in [-0.15, -0.1) is 0 Å². The first-order valence-corrected chi connectivity index (χ1v) is 6.79. The summed E-state index contributed by atoms with van der Waals surface area (Å²) in [6.45, 7) is 1.16. The van der Waals surface area contributed by atoms with Crippen molar-refractivity contribution in [1.82, 2.24) is 5.32 Å². The predicted octanol–water partition coefficient (Wildman–Crippen LogP) is 2.17. The average Bonchev–Trinajstić information content (AvgIpc) is 2.44. The van der Waals surface area contributed by atoms with E-state index in [1.807, 2.05) is 12.1 Å². The van der Waals surface area contributed by atoms with Gasteiger partial charge in [0.1, 0.15) is 11.5 Å². The van der Waals surface area contributed by atoms with Gasteiger partial charge in [0.25, 0.3) is 0 Å². The van der Waals surface area contributed by atoms with Gasteiger partial charge < -0.3 is 14.8 Å².